The van der Waals surface area contributed by atoms with Crippen molar-refractivity contribution in [1.82, 2.24) is 9.21 Å². The van der Waals surface area contributed by atoms with Crippen molar-refractivity contribution in [1.29, 1.82) is 0 Å². The van der Waals surface area contributed by atoms with E-state index in [9.17, 15) is 22.8 Å². The monoisotopic (exact) mass is 585 g/mol. The third kappa shape index (κ3) is 7.08. The minimum Gasteiger partial charge on any atom is -0.458 e. The van der Waals surface area contributed by atoms with Gasteiger partial charge in [0.1, 0.15) is 23.4 Å². The van der Waals surface area contributed by atoms with Gasteiger partial charge in [-0.15, -0.1) is 0 Å². The number of likely N-dealkylation sites (tertiary alicyclic amines) is 1. The van der Waals surface area contributed by atoms with E-state index in [2.05, 4.69) is 0 Å². The van der Waals surface area contributed by atoms with Crippen LogP contribution in [0.3, 0.4) is 0 Å². The maximum Gasteiger partial charge on any atom is 0.415 e. The lowest BCUT2D eigenvalue weighted by molar-refractivity contribution is -0.157. The van der Waals surface area contributed by atoms with Gasteiger partial charge in [-0.1, -0.05) is 17.7 Å². The first-order valence-electron chi connectivity index (χ1n) is 14.0. The molecule has 0 spiro atoms. The van der Waals surface area contributed by atoms with Gasteiger partial charge in [0.15, 0.2) is 0 Å². The first-order valence-corrected chi connectivity index (χ1v) is 15.4. The molecule has 0 saturated carbocycles. The van der Waals surface area contributed by atoms with Crippen LogP contribution in [0.15, 0.2) is 53.4 Å². The van der Waals surface area contributed by atoms with Gasteiger partial charge in [0.2, 0.25) is 15.9 Å². The second-order valence-corrected chi connectivity index (χ2v) is 13.5. The number of anilines is 1. The van der Waals surface area contributed by atoms with Crippen molar-refractivity contribution in [2.24, 2.45) is 0 Å². The number of benzene rings is 2. The van der Waals surface area contributed by atoms with Crippen molar-refractivity contribution >= 4 is 33.7 Å². The minimum absolute atomic E-state index is 0.110. The molecule has 0 unspecified atom stereocenters. The predicted octanol–water partition coefficient (Wildman–Crippen LogP) is 4.51. The SMILES string of the molecule is Cc1ccc(S(=O)(=O)N2CCC[C@H]2C(=O)N(c2ccc(OC(=O)N3CCCC3)cc2)[C@@H](C)C(=O)OC(C)(C)C)cc1. The number of hydrogen-bond acceptors (Lipinski definition) is 7. The fourth-order valence-corrected chi connectivity index (χ4v) is 6.71. The number of sulfonamides is 1. The van der Waals surface area contributed by atoms with Crippen LogP contribution in [0.2, 0.25) is 0 Å². The van der Waals surface area contributed by atoms with Gasteiger partial charge in [-0.3, -0.25) is 9.69 Å². The summed E-state index contributed by atoms with van der Waals surface area (Å²) >= 11 is 0. The summed E-state index contributed by atoms with van der Waals surface area (Å²) in [7, 11) is -3.96. The largest absolute Gasteiger partial charge is 0.458 e. The van der Waals surface area contributed by atoms with Crippen LogP contribution in [0.4, 0.5) is 10.5 Å². The standard InChI is InChI=1S/C30H39N3O7S/c1-21-10-16-25(17-11-21)41(37,38)32-20-8-9-26(32)27(34)33(22(2)28(35)40-30(3,4)5)23-12-14-24(15-13-23)39-29(36)31-18-6-7-19-31/h10-17,22,26H,6-9,18-20H2,1-5H3/t22-,26-/m0/s1. The van der Waals surface area contributed by atoms with E-state index in [1.807, 2.05) is 6.92 Å². The Kier molecular flexibility index (Phi) is 9.08. The van der Waals surface area contributed by atoms with Gasteiger partial charge in [-0.05, 0) is 96.7 Å². The molecule has 2 saturated heterocycles. The number of rotatable bonds is 7. The normalized spacial score (nSPS) is 18.7. The summed E-state index contributed by atoms with van der Waals surface area (Å²) in [6.45, 7) is 10.1. The summed E-state index contributed by atoms with van der Waals surface area (Å²) in [6.07, 6.45) is 2.25. The zero-order valence-electron chi connectivity index (χ0n) is 24.3. The van der Waals surface area contributed by atoms with Crippen LogP contribution in [-0.2, 0) is 24.3 Å². The lowest BCUT2D eigenvalue weighted by Gasteiger charge is -2.34. The van der Waals surface area contributed by atoms with Crippen molar-refractivity contribution in [2.45, 2.75) is 82.9 Å². The Hall–Kier alpha value is -3.44. The van der Waals surface area contributed by atoms with Crippen LogP contribution in [-0.4, -0.2) is 72.9 Å². The number of aryl methyl sites for hydroxylation is 1. The smallest absolute Gasteiger partial charge is 0.415 e. The van der Waals surface area contributed by atoms with E-state index in [1.165, 1.54) is 21.3 Å². The van der Waals surface area contributed by atoms with Crippen LogP contribution < -0.4 is 9.64 Å². The zero-order valence-corrected chi connectivity index (χ0v) is 25.1. The molecule has 0 bridgehead atoms. The fraction of sp³-hybridized carbons (Fsp3) is 0.500. The Labute approximate surface area is 242 Å². The first-order chi connectivity index (χ1) is 19.3. The van der Waals surface area contributed by atoms with Crippen molar-refractivity contribution < 1.29 is 32.3 Å². The fourth-order valence-electron chi connectivity index (χ4n) is 5.05. The van der Waals surface area contributed by atoms with Gasteiger partial charge in [0, 0.05) is 25.3 Å². The molecule has 2 aliphatic rings. The highest BCUT2D eigenvalue weighted by molar-refractivity contribution is 7.89. The van der Waals surface area contributed by atoms with Gasteiger partial charge in [-0.2, -0.15) is 4.31 Å². The molecule has 222 valence electrons. The van der Waals surface area contributed by atoms with Crippen molar-refractivity contribution in [3.63, 3.8) is 0 Å². The molecule has 0 N–H and O–H groups in total. The van der Waals surface area contributed by atoms with Crippen molar-refractivity contribution in [3.8, 4) is 5.75 Å². The van der Waals surface area contributed by atoms with Crippen LogP contribution in [0.25, 0.3) is 0 Å². The molecule has 11 heteroatoms. The molecule has 10 nitrogen and oxygen atoms in total. The summed E-state index contributed by atoms with van der Waals surface area (Å²) in [6, 6.07) is 10.7. The molecule has 0 aromatic heterocycles. The number of nitrogens with zero attached hydrogens (tertiary/aromatic N) is 3. The van der Waals surface area contributed by atoms with Crippen molar-refractivity contribution in [3.05, 3.63) is 54.1 Å². The second-order valence-electron chi connectivity index (χ2n) is 11.6. The summed E-state index contributed by atoms with van der Waals surface area (Å²) in [4.78, 5) is 42.8. The number of carbonyl (C=O) groups excluding carboxylic acids is 3. The number of carbonyl (C=O) groups is 3. The summed E-state index contributed by atoms with van der Waals surface area (Å²) in [5, 5.41) is 0. The molecular weight excluding hydrogens is 546 g/mol. The Balaban J connectivity index is 1.63. The van der Waals surface area contributed by atoms with Crippen LogP contribution >= 0.6 is 0 Å². The Morgan fingerprint density at radius 2 is 1.54 bits per heavy atom. The first kappa shape index (κ1) is 30.5. The Morgan fingerprint density at radius 1 is 0.927 bits per heavy atom. The molecule has 2 amide bonds. The molecule has 41 heavy (non-hydrogen) atoms. The highest BCUT2D eigenvalue weighted by Gasteiger charge is 2.44. The molecule has 2 aliphatic heterocycles. The lowest BCUT2D eigenvalue weighted by atomic mass is 10.1. The highest BCUT2D eigenvalue weighted by Crippen LogP contribution is 2.31. The number of amides is 2. The van der Waals surface area contributed by atoms with E-state index in [0.29, 0.717) is 37.4 Å². The van der Waals surface area contributed by atoms with E-state index in [1.54, 1.807) is 69.0 Å². The van der Waals surface area contributed by atoms with Gasteiger partial charge in [0.05, 0.1) is 4.90 Å². The summed E-state index contributed by atoms with van der Waals surface area (Å²) < 4.78 is 39.5. The van der Waals surface area contributed by atoms with E-state index >= 15 is 0 Å². The molecule has 4 rings (SSSR count). The molecule has 2 atom stereocenters. The maximum atomic E-state index is 14.2. The highest BCUT2D eigenvalue weighted by atomic mass is 32.2. The maximum absolute atomic E-state index is 14.2. The average Bonchev–Trinajstić information content (AvgIpc) is 3.62. The second kappa shape index (κ2) is 12.2. The topological polar surface area (TPSA) is 114 Å². The number of esters is 1. The average molecular weight is 586 g/mol. The van der Waals surface area contributed by atoms with Gasteiger partial charge < -0.3 is 14.4 Å². The quantitative estimate of drug-likeness (QED) is 0.440. The van der Waals surface area contributed by atoms with Crippen molar-refractivity contribution in [2.75, 3.05) is 24.5 Å². The van der Waals surface area contributed by atoms with Gasteiger partial charge in [0.25, 0.3) is 0 Å². The van der Waals surface area contributed by atoms with E-state index < -0.39 is 45.7 Å². The third-order valence-corrected chi connectivity index (χ3v) is 9.10. The van der Waals surface area contributed by atoms with E-state index in [4.69, 9.17) is 9.47 Å². The van der Waals surface area contributed by atoms with E-state index in [-0.39, 0.29) is 11.4 Å². The predicted molar refractivity (Wildman–Crippen MR) is 154 cm³/mol. The lowest BCUT2D eigenvalue weighted by Crippen LogP contribution is -2.53. The molecule has 0 radical (unpaired) electrons. The van der Waals surface area contributed by atoms with Gasteiger partial charge >= 0.3 is 12.1 Å². The molecule has 0 aliphatic carbocycles. The molecular formula is C30H39N3O7S. The molecule has 2 fully saturated rings. The Bertz CT molecular complexity index is 1360. The number of hydrogen-bond donors (Lipinski definition) is 0. The van der Waals surface area contributed by atoms with Crippen LogP contribution in [0.5, 0.6) is 5.75 Å². The molecule has 2 aromatic rings. The molecule has 2 heterocycles. The number of ether oxygens (including phenoxy) is 2. The molecule has 2 aromatic carbocycles. The van der Waals surface area contributed by atoms with E-state index in [0.717, 1.165) is 18.4 Å². The summed E-state index contributed by atoms with van der Waals surface area (Å²) in [5.41, 5.74) is 0.487. The third-order valence-electron chi connectivity index (χ3n) is 7.17. The van der Waals surface area contributed by atoms with Crippen LogP contribution in [0, 0.1) is 6.92 Å². The van der Waals surface area contributed by atoms with Gasteiger partial charge in [-0.25, -0.2) is 18.0 Å². The zero-order chi connectivity index (χ0) is 29.9. The minimum atomic E-state index is -3.96. The van der Waals surface area contributed by atoms with Crippen LogP contribution in [0.1, 0.15) is 58.9 Å². The Morgan fingerprint density at radius 3 is 2.12 bits per heavy atom. The summed E-state index contributed by atoms with van der Waals surface area (Å²) in [5.74, 6) is -0.855.